The number of carbonyl (C=O) groups is 1. The van der Waals surface area contributed by atoms with Crippen LogP contribution >= 0.6 is 0 Å². The maximum Gasteiger partial charge on any atom is 0.277 e. The second kappa shape index (κ2) is 13.3. The van der Waals surface area contributed by atoms with E-state index in [0.29, 0.717) is 19.8 Å². The first-order valence-electron chi connectivity index (χ1n) is 13.5. The van der Waals surface area contributed by atoms with E-state index < -0.39 is 0 Å². The van der Waals surface area contributed by atoms with Gasteiger partial charge in [0.25, 0.3) is 5.91 Å². The Balaban J connectivity index is 1.11. The number of ether oxygens (including phenoxy) is 2. The van der Waals surface area contributed by atoms with E-state index in [2.05, 4.69) is 29.7 Å². The number of amides is 1. The summed E-state index contributed by atoms with van der Waals surface area (Å²) in [4.78, 5) is 27.6. The van der Waals surface area contributed by atoms with Crippen LogP contribution in [0.3, 0.4) is 0 Å². The third-order valence-electron chi connectivity index (χ3n) is 6.71. The van der Waals surface area contributed by atoms with Crippen molar-refractivity contribution < 1.29 is 14.3 Å². The monoisotopic (exact) mass is 535 g/mol. The molecule has 7 nitrogen and oxygen atoms in total. The van der Waals surface area contributed by atoms with E-state index in [1.54, 1.807) is 15.8 Å². The molecule has 204 valence electrons. The number of fused-ring (bicyclic) bond motifs is 1. The maximum absolute atomic E-state index is 13.3. The Bertz CT molecular complexity index is 1500. The van der Waals surface area contributed by atoms with Crippen molar-refractivity contribution in [1.82, 2.24) is 9.58 Å². The van der Waals surface area contributed by atoms with E-state index in [-0.39, 0.29) is 29.4 Å². The first-order chi connectivity index (χ1) is 19.7. The minimum atomic E-state index is -0.313. The van der Waals surface area contributed by atoms with Crippen LogP contribution in [-0.4, -0.2) is 35.3 Å². The highest BCUT2D eigenvalue weighted by Gasteiger charge is 2.28. The van der Waals surface area contributed by atoms with Crippen LogP contribution in [-0.2, 0) is 13.0 Å². The molecule has 0 unspecified atom stereocenters. The van der Waals surface area contributed by atoms with Crippen LogP contribution in [0.5, 0.6) is 11.5 Å². The Morgan fingerprint density at radius 1 is 0.800 bits per heavy atom. The molecular formula is C33H33N3O4. The molecule has 3 aromatic carbocycles. The van der Waals surface area contributed by atoms with Gasteiger partial charge >= 0.3 is 0 Å². The first kappa shape index (κ1) is 26.8. The van der Waals surface area contributed by atoms with Gasteiger partial charge in [0.05, 0.1) is 0 Å². The normalized spacial score (nSPS) is 12.7. The molecule has 2 heterocycles. The van der Waals surface area contributed by atoms with Crippen LogP contribution < -0.4 is 20.3 Å². The number of unbranched alkanes of at least 4 members (excludes halogenated alkanes) is 1. The Kier molecular flexibility index (Phi) is 8.94. The number of para-hydroxylation sites is 1. The zero-order chi connectivity index (χ0) is 27.6. The summed E-state index contributed by atoms with van der Waals surface area (Å²) in [5, 5.41) is 0. The van der Waals surface area contributed by atoms with E-state index >= 15 is 0 Å². The van der Waals surface area contributed by atoms with Crippen LogP contribution in [0.1, 0.15) is 40.0 Å². The number of nitrogens with one attached hydrogen (secondary N) is 1. The number of hydrogen-bond acceptors (Lipinski definition) is 5. The Morgan fingerprint density at radius 2 is 1.52 bits per heavy atom. The summed E-state index contributed by atoms with van der Waals surface area (Å²) in [6.07, 6.45) is 8.08. The number of hydrogen-bond donors (Lipinski definition) is 1. The van der Waals surface area contributed by atoms with Crippen LogP contribution in [0.15, 0.2) is 114 Å². The highest BCUT2D eigenvalue weighted by molar-refractivity contribution is 5.96. The Labute approximate surface area is 234 Å². The molecule has 1 amide bonds. The topological polar surface area (TPSA) is 72.8 Å². The largest absolute Gasteiger partial charge is 0.489 e. The van der Waals surface area contributed by atoms with Crippen molar-refractivity contribution >= 4 is 5.91 Å². The second-order valence-electron chi connectivity index (χ2n) is 9.58. The molecule has 5 rings (SSSR count). The quantitative estimate of drug-likeness (QED) is 0.195. The summed E-state index contributed by atoms with van der Waals surface area (Å²) in [6.45, 7) is 1.61. The molecule has 4 aromatic rings. The Hall–Kier alpha value is -4.78. The molecule has 40 heavy (non-hydrogen) atoms. The van der Waals surface area contributed by atoms with E-state index in [4.69, 9.17) is 9.47 Å². The van der Waals surface area contributed by atoms with Gasteiger partial charge in [-0.1, -0.05) is 91.0 Å². The number of aromatic nitrogens is 1. The molecule has 1 aliphatic rings. The van der Waals surface area contributed by atoms with Crippen molar-refractivity contribution in [3.8, 4) is 11.5 Å². The second-order valence-corrected chi connectivity index (χ2v) is 9.58. The van der Waals surface area contributed by atoms with Crippen LogP contribution in [0.25, 0.3) is 0 Å². The summed E-state index contributed by atoms with van der Waals surface area (Å²) in [5.74, 6) is 0.736. The van der Waals surface area contributed by atoms with Crippen molar-refractivity contribution in [3.63, 3.8) is 0 Å². The number of allylic oxidation sites excluding steroid dienone is 1. The van der Waals surface area contributed by atoms with Gasteiger partial charge in [-0.05, 0) is 35.6 Å². The minimum absolute atomic E-state index is 0.0677. The lowest BCUT2D eigenvalue weighted by molar-refractivity contribution is 0.0718. The van der Waals surface area contributed by atoms with Crippen molar-refractivity contribution in [2.45, 2.75) is 25.9 Å². The van der Waals surface area contributed by atoms with Gasteiger partial charge < -0.3 is 19.8 Å². The lowest BCUT2D eigenvalue weighted by atomic mass is 10.0. The van der Waals surface area contributed by atoms with E-state index in [1.165, 1.54) is 11.6 Å². The Morgan fingerprint density at radius 3 is 2.33 bits per heavy atom. The lowest BCUT2D eigenvalue weighted by Crippen LogP contribution is -2.47. The van der Waals surface area contributed by atoms with Crippen molar-refractivity contribution in [3.05, 3.63) is 142 Å². The molecule has 0 saturated carbocycles. The van der Waals surface area contributed by atoms with Crippen LogP contribution in [0.4, 0.5) is 0 Å². The molecule has 7 heteroatoms. The fourth-order valence-electron chi connectivity index (χ4n) is 4.61. The zero-order valence-electron chi connectivity index (χ0n) is 22.4. The summed E-state index contributed by atoms with van der Waals surface area (Å²) in [6, 6.07) is 29.5. The predicted molar refractivity (Wildman–Crippen MR) is 156 cm³/mol. The molecule has 0 bridgehead atoms. The van der Waals surface area contributed by atoms with E-state index in [9.17, 15) is 9.59 Å². The predicted octanol–water partition coefficient (Wildman–Crippen LogP) is 5.39. The lowest BCUT2D eigenvalue weighted by Gasteiger charge is -2.31. The van der Waals surface area contributed by atoms with Gasteiger partial charge in [-0.3, -0.25) is 14.3 Å². The maximum atomic E-state index is 13.3. The van der Waals surface area contributed by atoms with Crippen molar-refractivity contribution in [2.75, 3.05) is 25.2 Å². The fourth-order valence-corrected chi connectivity index (χ4v) is 4.61. The SMILES string of the molecule is O=C1c2c(OCc3ccccc3)c(=O)ccn2NCN1CCC/C=C\COc1ccccc1Cc1ccccc1. The van der Waals surface area contributed by atoms with Gasteiger partial charge in [0, 0.05) is 25.2 Å². The molecule has 1 N–H and O–H groups in total. The molecule has 0 spiro atoms. The highest BCUT2D eigenvalue weighted by Crippen LogP contribution is 2.22. The average Bonchev–Trinajstić information content (AvgIpc) is 2.99. The summed E-state index contributed by atoms with van der Waals surface area (Å²) in [7, 11) is 0. The first-order valence-corrected chi connectivity index (χ1v) is 13.5. The van der Waals surface area contributed by atoms with Gasteiger partial charge in [-0.2, -0.15) is 0 Å². The van der Waals surface area contributed by atoms with Gasteiger partial charge in [-0.15, -0.1) is 0 Å². The highest BCUT2D eigenvalue weighted by atomic mass is 16.5. The molecule has 1 aliphatic heterocycles. The summed E-state index contributed by atoms with van der Waals surface area (Å²) in [5.41, 5.74) is 6.42. The number of nitrogens with zero attached hydrogens (tertiary/aromatic N) is 2. The molecule has 0 aliphatic carbocycles. The van der Waals surface area contributed by atoms with Crippen LogP contribution in [0, 0.1) is 0 Å². The molecule has 0 fully saturated rings. The summed E-state index contributed by atoms with van der Waals surface area (Å²) < 4.78 is 13.5. The van der Waals surface area contributed by atoms with Crippen LogP contribution in [0.2, 0.25) is 0 Å². The van der Waals surface area contributed by atoms with Gasteiger partial charge in [0.2, 0.25) is 5.43 Å². The number of benzene rings is 3. The minimum Gasteiger partial charge on any atom is -0.489 e. The van der Waals surface area contributed by atoms with Gasteiger partial charge in [0.1, 0.15) is 25.6 Å². The number of pyridine rings is 1. The van der Waals surface area contributed by atoms with E-state index in [1.807, 2.05) is 72.8 Å². The molecule has 0 radical (unpaired) electrons. The van der Waals surface area contributed by atoms with E-state index in [0.717, 1.165) is 36.1 Å². The average molecular weight is 536 g/mol. The third-order valence-corrected chi connectivity index (χ3v) is 6.71. The molecule has 0 atom stereocenters. The molecule has 0 saturated heterocycles. The smallest absolute Gasteiger partial charge is 0.277 e. The summed E-state index contributed by atoms with van der Waals surface area (Å²) >= 11 is 0. The zero-order valence-corrected chi connectivity index (χ0v) is 22.4. The van der Waals surface area contributed by atoms with Crippen molar-refractivity contribution in [1.29, 1.82) is 0 Å². The number of rotatable bonds is 12. The number of carbonyl (C=O) groups excluding carboxylic acids is 1. The molecular weight excluding hydrogens is 502 g/mol. The molecule has 1 aromatic heterocycles. The van der Waals surface area contributed by atoms with Crippen molar-refractivity contribution in [2.24, 2.45) is 0 Å². The fraction of sp³-hybridized carbons (Fsp3) is 0.212. The van der Waals surface area contributed by atoms with Gasteiger partial charge in [-0.25, -0.2) is 0 Å². The van der Waals surface area contributed by atoms with Gasteiger partial charge in [0.15, 0.2) is 11.4 Å². The standard InChI is InChI=1S/C33H33N3O4/c37-29-19-21-36-31(32(29)40-24-27-15-7-4-8-16-27)33(38)35(25-34-36)20-11-1-2-12-22-39-30-18-10-9-17-28(30)23-26-13-5-3-6-14-26/h2-10,12-19,21,34H,1,11,20,22-25H2/b12-2-. The third kappa shape index (κ3) is 6.80.